The summed E-state index contributed by atoms with van der Waals surface area (Å²) in [6.07, 6.45) is -3.68. The third-order valence-electron chi connectivity index (χ3n) is 3.82. The van der Waals surface area contributed by atoms with Crippen molar-refractivity contribution in [1.29, 1.82) is 0 Å². The minimum atomic E-state index is -1.64. The van der Waals surface area contributed by atoms with E-state index in [1.165, 1.54) is 6.92 Å². The standard InChI is InChI=1S/C11H17FN2O5/c1-11(5-16)6(4-15)19-9(8(11)12)14-3-2-7(17)13-10(14)18/h6,8-9,15-16H,2-5H2,1H3,(H,13,17,18)/t6-,8-,9-,11-/m1/s1. The summed E-state index contributed by atoms with van der Waals surface area (Å²) < 4.78 is 19.8. The number of aliphatic hydroxyl groups is 2. The maximum Gasteiger partial charge on any atom is 0.326 e. The molecule has 108 valence electrons. The van der Waals surface area contributed by atoms with Crippen molar-refractivity contribution in [3.05, 3.63) is 0 Å². The maximum atomic E-state index is 14.4. The Balaban J connectivity index is 2.18. The number of carbonyl (C=O) groups excluding carboxylic acids is 2. The molecule has 0 saturated carbocycles. The molecule has 2 fully saturated rings. The van der Waals surface area contributed by atoms with E-state index in [1.807, 2.05) is 0 Å². The van der Waals surface area contributed by atoms with Crippen LogP contribution in [0.1, 0.15) is 13.3 Å². The monoisotopic (exact) mass is 276 g/mol. The normalized spacial score (nSPS) is 39.6. The van der Waals surface area contributed by atoms with E-state index in [9.17, 15) is 24.2 Å². The van der Waals surface area contributed by atoms with Crippen LogP contribution >= 0.6 is 0 Å². The molecule has 2 aliphatic heterocycles. The Kier molecular flexibility index (Phi) is 3.75. The SMILES string of the molecule is C[C@]1(CO)[C@H](F)[C@H](N2CCC(=O)NC2=O)O[C@@H]1CO. The molecule has 2 heterocycles. The summed E-state index contributed by atoms with van der Waals surface area (Å²) in [6, 6.07) is -0.720. The lowest BCUT2D eigenvalue weighted by molar-refractivity contribution is -0.124. The Morgan fingerprint density at radius 3 is 2.68 bits per heavy atom. The number of nitrogens with zero attached hydrogens (tertiary/aromatic N) is 1. The number of halogens is 1. The molecular weight excluding hydrogens is 259 g/mol. The Hall–Kier alpha value is -1.25. The van der Waals surface area contributed by atoms with Crippen LogP contribution in [-0.2, 0) is 9.53 Å². The van der Waals surface area contributed by atoms with Gasteiger partial charge in [0.1, 0.15) is 0 Å². The van der Waals surface area contributed by atoms with E-state index >= 15 is 0 Å². The van der Waals surface area contributed by atoms with Crippen molar-refractivity contribution in [3.8, 4) is 0 Å². The molecule has 7 nitrogen and oxygen atoms in total. The van der Waals surface area contributed by atoms with Gasteiger partial charge in [-0.05, 0) is 0 Å². The van der Waals surface area contributed by atoms with Gasteiger partial charge in [-0.15, -0.1) is 0 Å². The zero-order chi connectivity index (χ0) is 14.2. The molecule has 0 aromatic carbocycles. The van der Waals surface area contributed by atoms with Crippen LogP contribution in [0.2, 0.25) is 0 Å². The van der Waals surface area contributed by atoms with Crippen LogP contribution in [-0.4, -0.2) is 65.3 Å². The number of nitrogens with one attached hydrogen (secondary N) is 1. The summed E-state index contributed by atoms with van der Waals surface area (Å²) >= 11 is 0. The van der Waals surface area contributed by atoms with Gasteiger partial charge in [0.25, 0.3) is 0 Å². The van der Waals surface area contributed by atoms with E-state index in [-0.39, 0.29) is 13.0 Å². The van der Waals surface area contributed by atoms with Crippen molar-refractivity contribution in [2.45, 2.75) is 31.8 Å². The summed E-state index contributed by atoms with van der Waals surface area (Å²) in [5, 5.41) is 20.6. The molecule has 0 unspecified atom stereocenters. The van der Waals surface area contributed by atoms with E-state index in [0.29, 0.717) is 0 Å². The van der Waals surface area contributed by atoms with Crippen molar-refractivity contribution in [3.63, 3.8) is 0 Å². The van der Waals surface area contributed by atoms with Crippen LogP contribution in [0.25, 0.3) is 0 Å². The molecule has 3 amide bonds. The lowest BCUT2D eigenvalue weighted by atomic mass is 9.82. The van der Waals surface area contributed by atoms with E-state index in [4.69, 9.17) is 4.74 Å². The van der Waals surface area contributed by atoms with Gasteiger partial charge in [-0.25, -0.2) is 9.18 Å². The topological polar surface area (TPSA) is 99.1 Å². The van der Waals surface area contributed by atoms with Crippen molar-refractivity contribution >= 4 is 11.9 Å². The molecule has 0 aromatic heterocycles. The Bertz CT molecular complexity index is 393. The Labute approximate surface area is 109 Å². The van der Waals surface area contributed by atoms with Crippen molar-refractivity contribution in [2.75, 3.05) is 19.8 Å². The number of aliphatic hydroxyl groups excluding tert-OH is 2. The number of alkyl halides is 1. The molecule has 4 atom stereocenters. The highest BCUT2D eigenvalue weighted by atomic mass is 19.1. The van der Waals surface area contributed by atoms with Gasteiger partial charge in [-0.2, -0.15) is 0 Å². The average Bonchev–Trinajstić information content (AvgIpc) is 2.63. The lowest BCUT2D eigenvalue weighted by Gasteiger charge is -2.33. The van der Waals surface area contributed by atoms with Gasteiger partial charge in [-0.3, -0.25) is 15.0 Å². The zero-order valence-electron chi connectivity index (χ0n) is 10.5. The molecule has 8 heteroatoms. The molecule has 2 rings (SSSR count). The van der Waals surface area contributed by atoms with Crippen LogP contribution in [0.3, 0.4) is 0 Å². The zero-order valence-corrected chi connectivity index (χ0v) is 10.5. The summed E-state index contributed by atoms with van der Waals surface area (Å²) in [7, 11) is 0. The molecule has 0 bridgehead atoms. The maximum absolute atomic E-state index is 14.4. The average molecular weight is 276 g/mol. The van der Waals surface area contributed by atoms with Crippen molar-refractivity contribution in [1.82, 2.24) is 10.2 Å². The first-order valence-corrected chi connectivity index (χ1v) is 6.05. The van der Waals surface area contributed by atoms with Crippen LogP contribution in [0.15, 0.2) is 0 Å². The van der Waals surface area contributed by atoms with Crippen molar-refractivity contribution in [2.24, 2.45) is 5.41 Å². The smallest absolute Gasteiger partial charge is 0.326 e. The summed E-state index contributed by atoms with van der Waals surface area (Å²) in [4.78, 5) is 23.8. The van der Waals surface area contributed by atoms with E-state index < -0.39 is 49.1 Å². The van der Waals surface area contributed by atoms with E-state index in [0.717, 1.165) is 4.90 Å². The highest BCUT2D eigenvalue weighted by molar-refractivity contribution is 5.96. The molecule has 2 saturated heterocycles. The highest BCUT2D eigenvalue weighted by Gasteiger charge is 2.56. The fourth-order valence-corrected chi connectivity index (χ4v) is 2.39. The third-order valence-corrected chi connectivity index (χ3v) is 3.82. The van der Waals surface area contributed by atoms with Gasteiger partial charge < -0.3 is 14.9 Å². The molecule has 3 N–H and O–H groups in total. The minimum Gasteiger partial charge on any atom is -0.396 e. The molecule has 0 spiro atoms. The summed E-state index contributed by atoms with van der Waals surface area (Å²) in [5.41, 5.74) is -1.28. The number of ether oxygens (including phenoxy) is 1. The van der Waals surface area contributed by atoms with Gasteiger partial charge in [0.15, 0.2) is 12.4 Å². The van der Waals surface area contributed by atoms with Gasteiger partial charge in [0.2, 0.25) is 5.91 Å². The largest absolute Gasteiger partial charge is 0.396 e. The fourth-order valence-electron chi connectivity index (χ4n) is 2.39. The van der Waals surface area contributed by atoms with E-state index in [2.05, 4.69) is 5.32 Å². The number of hydrogen-bond donors (Lipinski definition) is 3. The number of carbonyl (C=O) groups is 2. The molecular formula is C11H17FN2O5. The molecule has 2 aliphatic rings. The number of amides is 3. The number of imide groups is 1. The predicted octanol–water partition coefficient (Wildman–Crippen LogP) is -1.02. The van der Waals surface area contributed by atoms with Crippen LogP contribution in [0.4, 0.5) is 9.18 Å². The van der Waals surface area contributed by atoms with Gasteiger partial charge in [0, 0.05) is 13.0 Å². The summed E-state index contributed by atoms with van der Waals surface area (Å²) in [5.74, 6) is -0.418. The summed E-state index contributed by atoms with van der Waals surface area (Å²) in [6.45, 7) is 0.535. The third kappa shape index (κ3) is 2.19. The predicted molar refractivity (Wildman–Crippen MR) is 60.7 cm³/mol. The second-order valence-electron chi connectivity index (χ2n) is 5.06. The fraction of sp³-hybridized carbons (Fsp3) is 0.818. The number of hydrogen-bond acceptors (Lipinski definition) is 5. The first-order valence-electron chi connectivity index (χ1n) is 6.05. The second kappa shape index (κ2) is 5.03. The molecule has 0 aliphatic carbocycles. The Morgan fingerprint density at radius 2 is 2.21 bits per heavy atom. The Morgan fingerprint density at radius 1 is 1.53 bits per heavy atom. The highest BCUT2D eigenvalue weighted by Crippen LogP contribution is 2.41. The van der Waals surface area contributed by atoms with Gasteiger partial charge in [0.05, 0.1) is 24.7 Å². The van der Waals surface area contributed by atoms with Crippen molar-refractivity contribution < 1.29 is 28.9 Å². The first kappa shape index (κ1) is 14.2. The van der Waals surface area contributed by atoms with Crippen LogP contribution in [0.5, 0.6) is 0 Å². The molecule has 19 heavy (non-hydrogen) atoms. The number of rotatable bonds is 3. The lowest BCUT2D eigenvalue weighted by Crippen LogP contribution is -2.56. The van der Waals surface area contributed by atoms with E-state index in [1.54, 1.807) is 0 Å². The second-order valence-corrected chi connectivity index (χ2v) is 5.06. The molecule has 0 aromatic rings. The molecule has 0 radical (unpaired) electrons. The first-order chi connectivity index (χ1) is 8.93. The van der Waals surface area contributed by atoms with Crippen LogP contribution in [0, 0.1) is 5.41 Å². The number of urea groups is 1. The minimum absolute atomic E-state index is 0.0510. The van der Waals surface area contributed by atoms with Crippen LogP contribution < -0.4 is 5.32 Å². The quantitative estimate of drug-likeness (QED) is 0.613. The van der Waals surface area contributed by atoms with Gasteiger partial charge >= 0.3 is 6.03 Å². The van der Waals surface area contributed by atoms with Gasteiger partial charge in [-0.1, -0.05) is 6.92 Å².